The van der Waals surface area contributed by atoms with Crippen LogP contribution in [-0.4, -0.2) is 14.7 Å². The fourth-order valence-corrected chi connectivity index (χ4v) is 0.370. The number of hydrogen-bond donors (Lipinski definition) is 1. The second-order valence-electron chi connectivity index (χ2n) is 1.22. The summed E-state index contributed by atoms with van der Waals surface area (Å²) in [5.41, 5.74) is 0. The minimum atomic E-state index is 0. The standard InChI is InChI=1S/C4H6N2O.ClH/c7-4-6-2-1-5-3-6;/h1-3,7H,4H2;1H. The van der Waals surface area contributed by atoms with Gasteiger partial charge in [-0.2, -0.15) is 0 Å². The summed E-state index contributed by atoms with van der Waals surface area (Å²) in [4.78, 5) is 3.70. The molecule has 0 radical (unpaired) electrons. The van der Waals surface area contributed by atoms with Crippen LogP contribution in [0.25, 0.3) is 0 Å². The van der Waals surface area contributed by atoms with Gasteiger partial charge in [-0.05, 0) is 0 Å². The molecule has 8 heavy (non-hydrogen) atoms. The third kappa shape index (κ3) is 1.52. The Kier molecular flexibility index (Phi) is 3.23. The van der Waals surface area contributed by atoms with E-state index in [1.807, 2.05) is 0 Å². The van der Waals surface area contributed by atoms with E-state index in [1.165, 1.54) is 0 Å². The van der Waals surface area contributed by atoms with Crippen LogP contribution in [0.5, 0.6) is 0 Å². The molecule has 0 unspecified atom stereocenters. The van der Waals surface area contributed by atoms with Gasteiger partial charge in [-0.25, -0.2) is 4.98 Å². The molecule has 0 amide bonds. The van der Waals surface area contributed by atoms with Crippen molar-refractivity contribution in [1.29, 1.82) is 0 Å². The lowest BCUT2D eigenvalue weighted by atomic mass is 10.9. The first-order valence-corrected chi connectivity index (χ1v) is 2.00. The van der Waals surface area contributed by atoms with E-state index in [0.717, 1.165) is 0 Å². The van der Waals surface area contributed by atoms with E-state index in [-0.39, 0.29) is 19.1 Å². The second-order valence-corrected chi connectivity index (χ2v) is 1.22. The molecule has 1 aromatic rings. The normalized spacial score (nSPS) is 8.12. The van der Waals surface area contributed by atoms with Crippen LogP contribution in [0.1, 0.15) is 0 Å². The minimum Gasteiger partial charge on any atom is -0.376 e. The van der Waals surface area contributed by atoms with E-state index in [4.69, 9.17) is 5.11 Å². The monoisotopic (exact) mass is 134 g/mol. The average molecular weight is 135 g/mol. The smallest absolute Gasteiger partial charge is 0.120 e. The fourth-order valence-electron chi connectivity index (χ4n) is 0.370. The van der Waals surface area contributed by atoms with Crippen LogP contribution in [0.2, 0.25) is 0 Å². The van der Waals surface area contributed by atoms with E-state index in [9.17, 15) is 0 Å². The van der Waals surface area contributed by atoms with Crippen molar-refractivity contribution < 1.29 is 5.11 Å². The summed E-state index contributed by atoms with van der Waals surface area (Å²) < 4.78 is 1.57. The number of nitrogens with zero attached hydrogens (tertiary/aromatic N) is 2. The molecule has 46 valence electrons. The van der Waals surface area contributed by atoms with Crippen LogP contribution in [0, 0.1) is 0 Å². The summed E-state index contributed by atoms with van der Waals surface area (Å²) in [5, 5.41) is 8.35. The zero-order valence-electron chi connectivity index (χ0n) is 4.19. The van der Waals surface area contributed by atoms with Gasteiger partial charge in [0.2, 0.25) is 0 Å². The predicted octanol–water partition coefficient (Wildman–Crippen LogP) is 0.255. The zero-order valence-corrected chi connectivity index (χ0v) is 5.01. The molecular weight excluding hydrogens is 128 g/mol. The third-order valence-corrected chi connectivity index (χ3v) is 0.722. The van der Waals surface area contributed by atoms with Gasteiger partial charge in [0.1, 0.15) is 6.73 Å². The maximum Gasteiger partial charge on any atom is 0.120 e. The summed E-state index contributed by atoms with van der Waals surface area (Å²) >= 11 is 0. The molecule has 0 saturated heterocycles. The maximum atomic E-state index is 8.35. The van der Waals surface area contributed by atoms with Gasteiger partial charge in [0.15, 0.2) is 0 Å². The third-order valence-electron chi connectivity index (χ3n) is 0.722. The SMILES string of the molecule is Cl.OCn1ccnc1. The van der Waals surface area contributed by atoms with E-state index >= 15 is 0 Å². The van der Waals surface area contributed by atoms with Gasteiger partial charge in [0.25, 0.3) is 0 Å². The Labute approximate surface area is 53.4 Å². The van der Waals surface area contributed by atoms with E-state index in [0.29, 0.717) is 0 Å². The van der Waals surface area contributed by atoms with Crippen molar-refractivity contribution in [2.75, 3.05) is 0 Å². The van der Waals surface area contributed by atoms with Crippen LogP contribution >= 0.6 is 12.4 Å². The fraction of sp³-hybridized carbons (Fsp3) is 0.250. The molecule has 0 spiro atoms. The van der Waals surface area contributed by atoms with Gasteiger partial charge in [0.05, 0.1) is 6.33 Å². The first-order valence-electron chi connectivity index (χ1n) is 2.00. The van der Waals surface area contributed by atoms with E-state index in [2.05, 4.69) is 4.98 Å². The number of aromatic nitrogens is 2. The molecule has 0 saturated carbocycles. The number of halogens is 1. The van der Waals surface area contributed by atoms with Crippen molar-refractivity contribution in [3.05, 3.63) is 18.7 Å². The van der Waals surface area contributed by atoms with Crippen LogP contribution in [-0.2, 0) is 6.73 Å². The van der Waals surface area contributed by atoms with Crippen LogP contribution in [0.3, 0.4) is 0 Å². The molecule has 0 aliphatic heterocycles. The molecule has 0 bridgehead atoms. The van der Waals surface area contributed by atoms with E-state index < -0.39 is 0 Å². The quantitative estimate of drug-likeness (QED) is 0.598. The summed E-state index contributed by atoms with van der Waals surface area (Å²) in [6.45, 7) is 0.0139. The first kappa shape index (κ1) is 7.46. The van der Waals surface area contributed by atoms with Crippen LogP contribution < -0.4 is 0 Å². The Bertz CT molecular complexity index is 129. The zero-order chi connectivity index (χ0) is 5.11. The number of imidazole rings is 1. The molecule has 0 aliphatic carbocycles. The van der Waals surface area contributed by atoms with Gasteiger partial charge in [-0.15, -0.1) is 12.4 Å². The summed E-state index contributed by atoms with van der Waals surface area (Å²) in [5.74, 6) is 0. The summed E-state index contributed by atoms with van der Waals surface area (Å²) in [6.07, 6.45) is 4.87. The van der Waals surface area contributed by atoms with Gasteiger partial charge in [-0.1, -0.05) is 0 Å². The molecular formula is C4H7ClN2O. The lowest BCUT2D eigenvalue weighted by Gasteiger charge is -1.87. The number of aliphatic hydroxyl groups excluding tert-OH is 1. The largest absolute Gasteiger partial charge is 0.376 e. The van der Waals surface area contributed by atoms with Crippen molar-refractivity contribution >= 4 is 12.4 Å². The Hall–Kier alpha value is -0.540. The average Bonchev–Trinajstić information content (AvgIpc) is 2.14. The van der Waals surface area contributed by atoms with Crippen molar-refractivity contribution in [1.82, 2.24) is 9.55 Å². The summed E-state index contributed by atoms with van der Waals surface area (Å²) in [6, 6.07) is 0. The topological polar surface area (TPSA) is 38.0 Å². The van der Waals surface area contributed by atoms with Crippen LogP contribution in [0.15, 0.2) is 18.7 Å². The van der Waals surface area contributed by atoms with Gasteiger partial charge < -0.3 is 9.67 Å². The second kappa shape index (κ2) is 3.46. The van der Waals surface area contributed by atoms with Crippen LogP contribution in [0.4, 0.5) is 0 Å². The first-order chi connectivity index (χ1) is 3.43. The van der Waals surface area contributed by atoms with Gasteiger partial charge >= 0.3 is 0 Å². The predicted molar refractivity (Wildman–Crippen MR) is 31.7 cm³/mol. The lowest BCUT2D eigenvalue weighted by molar-refractivity contribution is 0.210. The lowest BCUT2D eigenvalue weighted by Crippen LogP contribution is -1.89. The van der Waals surface area contributed by atoms with Crippen molar-refractivity contribution in [3.8, 4) is 0 Å². The van der Waals surface area contributed by atoms with Gasteiger partial charge in [0, 0.05) is 12.4 Å². The molecule has 0 aliphatic rings. The Morgan fingerprint density at radius 2 is 2.38 bits per heavy atom. The molecule has 0 aromatic carbocycles. The number of aliphatic hydroxyl groups is 1. The molecule has 0 atom stereocenters. The highest BCUT2D eigenvalue weighted by atomic mass is 35.5. The van der Waals surface area contributed by atoms with Crippen molar-refractivity contribution in [2.24, 2.45) is 0 Å². The Morgan fingerprint density at radius 1 is 1.62 bits per heavy atom. The maximum absolute atomic E-state index is 8.35. The Balaban J connectivity index is 0.000000490. The highest BCUT2D eigenvalue weighted by Crippen LogP contribution is 1.79. The van der Waals surface area contributed by atoms with Crippen molar-refractivity contribution in [3.63, 3.8) is 0 Å². The van der Waals surface area contributed by atoms with Gasteiger partial charge in [-0.3, -0.25) is 0 Å². The van der Waals surface area contributed by atoms with Crippen molar-refractivity contribution in [2.45, 2.75) is 6.73 Å². The molecule has 1 N–H and O–H groups in total. The molecule has 0 fully saturated rings. The molecule has 1 rings (SSSR count). The minimum absolute atomic E-state index is 0. The molecule has 3 nitrogen and oxygen atoms in total. The molecule has 4 heteroatoms. The number of rotatable bonds is 1. The molecule has 1 heterocycles. The Morgan fingerprint density at radius 3 is 2.62 bits per heavy atom. The summed E-state index contributed by atoms with van der Waals surface area (Å²) in [7, 11) is 0. The van der Waals surface area contributed by atoms with E-state index in [1.54, 1.807) is 23.3 Å². The number of hydrogen-bond acceptors (Lipinski definition) is 2. The highest BCUT2D eigenvalue weighted by Gasteiger charge is 1.77. The molecule has 1 aromatic heterocycles. The highest BCUT2D eigenvalue weighted by molar-refractivity contribution is 5.85.